The van der Waals surface area contributed by atoms with E-state index in [1.165, 1.54) is 103 Å². The van der Waals surface area contributed by atoms with E-state index in [0.29, 0.717) is 0 Å². The summed E-state index contributed by atoms with van der Waals surface area (Å²) >= 11 is 0. The van der Waals surface area contributed by atoms with Crippen LogP contribution in [0.3, 0.4) is 0 Å². The van der Waals surface area contributed by atoms with Crippen LogP contribution >= 0.6 is 0 Å². The fourth-order valence-corrected chi connectivity index (χ4v) is 2.88. The van der Waals surface area contributed by atoms with E-state index in [-0.39, 0.29) is 0 Å². The molecule has 0 aliphatic carbocycles. The molecule has 0 aliphatic rings. The van der Waals surface area contributed by atoms with Gasteiger partial charge in [-0.2, -0.15) is 0 Å². The van der Waals surface area contributed by atoms with Gasteiger partial charge in [-0.25, -0.2) is 0 Å². The van der Waals surface area contributed by atoms with Crippen molar-refractivity contribution in [2.45, 2.75) is 116 Å². The highest BCUT2D eigenvalue weighted by atomic mass is 14.0. The molecule has 0 N–H and O–H groups in total. The fourth-order valence-electron chi connectivity index (χ4n) is 2.88. The van der Waals surface area contributed by atoms with Crippen molar-refractivity contribution in [3.63, 3.8) is 0 Å². The molecule has 0 rings (SSSR count). The van der Waals surface area contributed by atoms with Gasteiger partial charge in [0.2, 0.25) is 0 Å². The van der Waals surface area contributed by atoms with Crippen molar-refractivity contribution in [2.75, 3.05) is 0 Å². The van der Waals surface area contributed by atoms with Crippen molar-refractivity contribution in [1.82, 2.24) is 0 Å². The SMILES string of the molecule is [CH2]CCCCC/C=C/CCCCCCCCCCCCC[CH2]. The molecule has 0 aromatic carbocycles. The summed E-state index contributed by atoms with van der Waals surface area (Å²) < 4.78 is 0. The van der Waals surface area contributed by atoms with Crippen LogP contribution in [0.4, 0.5) is 0 Å². The molecule has 0 bridgehead atoms. The van der Waals surface area contributed by atoms with Crippen LogP contribution in [0.1, 0.15) is 116 Å². The van der Waals surface area contributed by atoms with Gasteiger partial charge in [0, 0.05) is 0 Å². The summed E-state index contributed by atoms with van der Waals surface area (Å²) in [7, 11) is 0. The standard InChI is InChI=1S/C22H42/c1-3-5-7-9-11-13-15-17-19-21-22-20-18-16-14-12-10-8-6-4-2/h13,15H,1-12,14,16-22H2/b15-13+. The highest BCUT2D eigenvalue weighted by molar-refractivity contribution is 4.81. The van der Waals surface area contributed by atoms with E-state index < -0.39 is 0 Å². The Morgan fingerprint density at radius 1 is 0.364 bits per heavy atom. The summed E-state index contributed by atoms with van der Waals surface area (Å²) in [5.41, 5.74) is 0. The Kier molecular flexibility index (Phi) is 20.5. The quantitative estimate of drug-likeness (QED) is 0.177. The third kappa shape index (κ3) is 19.7. The molecule has 0 atom stereocenters. The Hall–Kier alpha value is -0.260. The Morgan fingerprint density at radius 3 is 1.00 bits per heavy atom. The van der Waals surface area contributed by atoms with Crippen molar-refractivity contribution in [1.29, 1.82) is 0 Å². The third-order valence-electron chi connectivity index (χ3n) is 4.41. The van der Waals surface area contributed by atoms with E-state index in [4.69, 9.17) is 0 Å². The monoisotopic (exact) mass is 306 g/mol. The lowest BCUT2D eigenvalue weighted by atomic mass is 10.0. The van der Waals surface area contributed by atoms with Gasteiger partial charge in [0.25, 0.3) is 0 Å². The number of allylic oxidation sites excluding steroid dienone is 2. The Morgan fingerprint density at radius 2 is 0.636 bits per heavy atom. The van der Waals surface area contributed by atoms with Crippen molar-refractivity contribution < 1.29 is 0 Å². The van der Waals surface area contributed by atoms with Gasteiger partial charge in [0.05, 0.1) is 0 Å². The molecule has 0 saturated heterocycles. The number of hydrogen-bond acceptors (Lipinski definition) is 0. The van der Waals surface area contributed by atoms with E-state index in [1.54, 1.807) is 0 Å². The summed E-state index contributed by atoms with van der Waals surface area (Å²) in [6.45, 7) is 7.77. The highest BCUT2D eigenvalue weighted by Crippen LogP contribution is 2.12. The van der Waals surface area contributed by atoms with Gasteiger partial charge in [0.1, 0.15) is 0 Å². The van der Waals surface area contributed by atoms with E-state index in [9.17, 15) is 0 Å². The molecule has 0 fully saturated rings. The first-order chi connectivity index (χ1) is 10.9. The van der Waals surface area contributed by atoms with Gasteiger partial charge >= 0.3 is 0 Å². The predicted molar refractivity (Wildman–Crippen MR) is 103 cm³/mol. The van der Waals surface area contributed by atoms with Crippen LogP contribution in [0, 0.1) is 13.8 Å². The average Bonchev–Trinajstić information content (AvgIpc) is 2.54. The summed E-state index contributed by atoms with van der Waals surface area (Å²) in [5.74, 6) is 0. The molecule has 22 heavy (non-hydrogen) atoms. The first-order valence-electron chi connectivity index (χ1n) is 10.1. The van der Waals surface area contributed by atoms with Crippen molar-refractivity contribution >= 4 is 0 Å². The number of unbranched alkanes of at least 4 members (excludes halogenated alkanes) is 16. The van der Waals surface area contributed by atoms with E-state index in [2.05, 4.69) is 26.0 Å². The molecule has 0 aliphatic heterocycles. The Bertz CT molecular complexity index is 204. The summed E-state index contributed by atoms with van der Waals surface area (Å²) in [6.07, 6.45) is 29.2. The molecule has 0 unspecified atom stereocenters. The molecule has 0 aromatic rings. The van der Waals surface area contributed by atoms with Gasteiger partial charge in [0.15, 0.2) is 0 Å². The van der Waals surface area contributed by atoms with Gasteiger partial charge < -0.3 is 0 Å². The van der Waals surface area contributed by atoms with Crippen LogP contribution in [0.2, 0.25) is 0 Å². The fraction of sp³-hybridized carbons (Fsp3) is 0.818. The molecule has 0 nitrogen and oxygen atoms in total. The van der Waals surface area contributed by atoms with Crippen LogP contribution in [-0.4, -0.2) is 0 Å². The molecular weight excluding hydrogens is 264 g/mol. The second-order valence-corrected chi connectivity index (χ2v) is 6.71. The molecule has 130 valence electrons. The molecular formula is C22H42. The minimum Gasteiger partial charge on any atom is -0.0885 e. The molecule has 0 amide bonds. The maximum absolute atomic E-state index is 3.89. The second-order valence-electron chi connectivity index (χ2n) is 6.71. The molecule has 0 saturated carbocycles. The largest absolute Gasteiger partial charge is 0.0885 e. The maximum Gasteiger partial charge on any atom is -0.0351 e. The second kappa shape index (κ2) is 20.7. The normalized spacial score (nSPS) is 11.5. The third-order valence-corrected chi connectivity index (χ3v) is 4.41. The molecule has 0 aromatic heterocycles. The zero-order chi connectivity index (χ0) is 16.1. The lowest BCUT2D eigenvalue weighted by Gasteiger charge is -2.02. The molecule has 0 heterocycles. The minimum atomic E-state index is 1.10. The molecule has 0 spiro atoms. The highest BCUT2D eigenvalue weighted by Gasteiger charge is 1.93. The number of hydrogen-bond donors (Lipinski definition) is 0. The van der Waals surface area contributed by atoms with Crippen LogP contribution in [0.15, 0.2) is 12.2 Å². The lowest BCUT2D eigenvalue weighted by molar-refractivity contribution is 0.547. The lowest BCUT2D eigenvalue weighted by Crippen LogP contribution is -1.82. The summed E-state index contributed by atoms with van der Waals surface area (Å²) in [4.78, 5) is 0. The first kappa shape index (κ1) is 21.7. The number of rotatable bonds is 18. The van der Waals surface area contributed by atoms with Crippen LogP contribution in [0.25, 0.3) is 0 Å². The van der Waals surface area contributed by atoms with Crippen molar-refractivity contribution in [3.05, 3.63) is 26.0 Å². The van der Waals surface area contributed by atoms with Crippen molar-refractivity contribution in [2.24, 2.45) is 0 Å². The summed E-state index contributed by atoms with van der Waals surface area (Å²) in [5, 5.41) is 0. The topological polar surface area (TPSA) is 0 Å². The van der Waals surface area contributed by atoms with Gasteiger partial charge in [-0.05, 0) is 25.7 Å². The summed E-state index contributed by atoms with van der Waals surface area (Å²) in [6, 6.07) is 0. The van der Waals surface area contributed by atoms with Gasteiger partial charge in [-0.3, -0.25) is 0 Å². The Balaban J connectivity index is 3.00. The minimum absolute atomic E-state index is 1.10. The van der Waals surface area contributed by atoms with Crippen LogP contribution in [0.5, 0.6) is 0 Å². The van der Waals surface area contributed by atoms with E-state index >= 15 is 0 Å². The smallest absolute Gasteiger partial charge is 0.0351 e. The zero-order valence-corrected chi connectivity index (χ0v) is 15.3. The maximum atomic E-state index is 3.89. The zero-order valence-electron chi connectivity index (χ0n) is 15.3. The average molecular weight is 307 g/mol. The van der Waals surface area contributed by atoms with Crippen LogP contribution in [-0.2, 0) is 0 Å². The molecule has 2 radical (unpaired) electrons. The van der Waals surface area contributed by atoms with E-state index in [0.717, 1.165) is 12.8 Å². The predicted octanol–water partition coefficient (Wildman–Crippen LogP) is 8.23. The molecule has 0 heteroatoms. The van der Waals surface area contributed by atoms with Crippen molar-refractivity contribution in [3.8, 4) is 0 Å². The first-order valence-corrected chi connectivity index (χ1v) is 10.1. The Labute approximate surface area is 142 Å². The van der Waals surface area contributed by atoms with E-state index in [1.807, 2.05) is 0 Å². The van der Waals surface area contributed by atoms with Gasteiger partial charge in [-0.15, -0.1) is 0 Å². The van der Waals surface area contributed by atoms with Crippen LogP contribution < -0.4 is 0 Å². The van der Waals surface area contributed by atoms with Gasteiger partial charge in [-0.1, -0.05) is 116 Å².